The summed E-state index contributed by atoms with van der Waals surface area (Å²) < 4.78 is 56.1. The number of sulfonamides is 1. The molecule has 4 aromatic rings. The summed E-state index contributed by atoms with van der Waals surface area (Å²) in [6.45, 7) is 3.84. The molecule has 1 amide bonds. The van der Waals surface area contributed by atoms with Gasteiger partial charge in [-0.1, -0.05) is 23.8 Å². The van der Waals surface area contributed by atoms with Crippen molar-refractivity contribution in [2.75, 3.05) is 16.2 Å². The van der Waals surface area contributed by atoms with E-state index >= 15 is 0 Å². The molecule has 0 fully saturated rings. The average Bonchev–Trinajstić information content (AvgIpc) is 3.21. The highest BCUT2D eigenvalue weighted by molar-refractivity contribution is 7.92. The molecule has 0 saturated carbocycles. The molecule has 0 radical (unpaired) electrons. The van der Waals surface area contributed by atoms with Gasteiger partial charge in [0.05, 0.1) is 15.5 Å². The van der Waals surface area contributed by atoms with Gasteiger partial charge in [0.25, 0.3) is 15.9 Å². The van der Waals surface area contributed by atoms with Gasteiger partial charge >= 0.3 is 0 Å². The molecule has 0 spiro atoms. The average molecular weight is 487 g/mol. The molecule has 1 heterocycles. The standard InChI is InChI=1S/C24H20F2N2O3S2/c1-3-28(33(30,31)18-10-7-15(2)8-11-18)17-9-12-21-16(13-17)14-22(32-21)24(29)27-23-19(25)5-4-6-20(23)26/h4-14H,3H2,1-2H3,(H,27,29). The maximum absolute atomic E-state index is 13.9. The van der Waals surface area contributed by atoms with Crippen LogP contribution in [0, 0.1) is 18.6 Å². The first-order chi connectivity index (χ1) is 15.7. The Morgan fingerprint density at radius 2 is 1.67 bits per heavy atom. The summed E-state index contributed by atoms with van der Waals surface area (Å²) in [5, 5.41) is 2.92. The molecule has 5 nitrogen and oxygen atoms in total. The number of fused-ring (bicyclic) bond motifs is 1. The number of carbonyl (C=O) groups excluding carboxylic acids is 1. The molecular weight excluding hydrogens is 466 g/mol. The number of benzene rings is 3. The molecule has 0 aliphatic carbocycles. The molecule has 0 saturated heterocycles. The Kier molecular flexibility index (Phi) is 6.18. The monoisotopic (exact) mass is 486 g/mol. The number of nitrogens with one attached hydrogen (secondary N) is 1. The predicted molar refractivity (Wildman–Crippen MR) is 128 cm³/mol. The van der Waals surface area contributed by atoms with E-state index in [0.717, 1.165) is 33.7 Å². The van der Waals surface area contributed by atoms with Gasteiger partial charge in [-0.25, -0.2) is 17.2 Å². The van der Waals surface area contributed by atoms with Crippen molar-refractivity contribution in [2.45, 2.75) is 18.7 Å². The normalized spacial score (nSPS) is 11.5. The Hall–Kier alpha value is -3.30. The number of hydrogen-bond donors (Lipinski definition) is 1. The first kappa shape index (κ1) is 22.9. The minimum Gasteiger partial charge on any atom is -0.316 e. The van der Waals surface area contributed by atoms with E-state index in [4.69, 9.17) is 0 Å². The van der Waals surface area contributed by atoms with Crippen LogP contribution in [0.1, 0.15) is 22.2 Å². The molecule has 170 valence electrons. The first-order valence-electron chi connectivity index (χ1n) is 10.1. The van der Waals surface area contributed by atoms with Crippen molar-refractivity contribution >= 4 is 48.7 Å². The highest BCUT2D eigenvalue weighted by atomic mass is 32.2. The molecule has 0 aliphatic heterocycles. The van der Waals surface area contributed by atoms with E-state index in [-0.39, 0.29) is 16.3 Å². The third-order valence-corrected chi connectivity index (χ3v) is 8.14. The second-order valence-electron chi connectivity index (χ2n) is 7.37. The first-order valence-corrected chi connectivity index (χ1v) is 12.3. The summed E-state index contributed by atoms with van der Waals surface area (Å²) in [4.78, 5) is 13.0. The Balaban J connectivity index is 1.66. The van der Waals surface area contributed by atoms with Gasteiger partial charge in [0.2, 0.25) is 0 Å². The highest BCUT2D eigenvalue weighted by Gasteiger charge is 2.24. The van der Waals surface area contributed by atoms with Gasteiger partial charge in [0.1, 0.15) is 17.3 Å². The van der Waals surface area contributed by atoms with E-state index in [1.165, 1.54) is 10.4 Å². The lowest BCUT2D eigenvalue weighted by Crippen LogP contribution is -2.30. The molecule has 1 N–H and O–H groups in total. The number of anilines is 2. The summed E-state index contributed by atoms with van der Waals surface area (Å²) in [6.07, 6.45) is 0. The van der Waals surface area contributed by atoms with Crippen molar-refractivity contribution in [3.63, 3.8) is 0 Å². The van der Waals surface area contributed by atoms with Gasteiger partial charge in [-0.05, 0) is 67.8 Å². The lowest BCUT2D eigenvalue weighted by Gasteiger charge is -2.23. The van der Waals surface area contributed by atoms with Gasteiger partial charge in [0.15, 0.2) is 0 Å². The van der Waals surface area contributed by atoms with Crippen LogP contribution >= 0.6 is 11.3 Å². The fourth-order valence-electron chi connectivity index (χ4n) is 3.42. The van der Waals surface area contributed by atoms with Gasteiger partial charge in [-0.15, -0.1) is 11.3 Å². The number of nitrogens with zero attached hydrogens (tertiary/aromatic N) is 1. The zero-order valence-corrected chi connectivity index (χ0v) is 19.4. The molecule has 0 atom stereocenters. The Morgan fingerprint density at radius 1 is 1.00 bits per heavy atom. The van der Waals surface area contributed by atoms with Gasteiger partial charge in [-0.2, -0.15) is 0 Å². The summed E-state index contributed by atoms with van der Waals surface area (Å²) in [5.74, 6) is -2.39. The zero-order chi connectivity index (χ0) is 23.8. The fourth-order valence-corrected chi connectivity index (χ4v) is 5.82. The minimum absolute atomic E-state index is 0.187. The van der Waals surface area contributed by atoms with Crippen LogP contribution < -0.4 is 9.62 Å². The van der Waals surface area contributed by atoms with Crippen LogP contribution in [0.5, 0.6) is 0 Å². The lowest BCUT2D eigenvalue weighted by atomic mass is 10.2. The van der Waals surface area contributed by atoms with Crippen LogP contribution in [0.15, 0.2) is 71.6 Å². The number of amides is 1. The van der Waals surface area contributed by atoms with Crippen molar-refractivity contribution in [1.82, 2.24) is 0 Å². The van der Waals surface area contributed by atoms with Gasteiger partial charge in [0, 0.05) is 11.2 Å². The second-order valence-corrected chi connectivity index (χ2v) is 10.3. The van der Waals surface area contributed by atoms with Crippen molar-refractivity contribution in [3.05, 3.63) is 88.8 Å². The van der Waals surface area contributed by atoms with Crippen LogP contribution in [0.25, 0.3) is 10.1 Å². The van der Waals surface area contributed by atoms with E-state index < -0.39 is 33.3 Å². The number of para-hydroxylation sites is 1. The Labute approximate surface area is 194 Å². The molecule has 3 aromatic carbocycles. The molecule has 0 unspecified atom stereocenters. The van der Waals surface area contributed by atoms with E-state index in [9.17, 15) is 22.0 Å². The van der Waals surface area contributed by atoms with Crippen LogP contribution in [0.2, 0.25) is 0 Å². The Morgan fingerprint density at radius 3 is 2.30 bits per heavy atom. The molecule has 1 aromatic heterocycles. The smallest absolute Gasteiger partial charge is 0.265 e. The van der Waals surface area contributed by atoms with E-state index in [0.29, 0.717) is 11.1 Å². The minimum atomic E-state index is -3.78. The van der Waals surface area contributed by atoms with Crippen LogP contribution in [-0.4, -0.2) is 20.9 Å². The summed E-state index contributed by atoms with van der Waals surface area (Å²) in [6, 6.07) is 16.6. The van der Waals surface area contributed by atoms with Crippen molar-refractivity contribution in [2.24, 2.45) is 0 Å². The molecule has 0 bridgehead atoms. The number of hydrogen-bond acceptors (Lipinski definition) is 4. The number of halogens is 2. The summed E-state index contributed by atoms with van der Waals surface area (Å²) >= 11 is 1.14. The lowest BCUT2D eigenvalue weighted by molar-refractivity contribution is 0.102. The van der Waals surface area contributed by atoms with Crippen LogP contribution in [0.3, 0.4) is 0 Å². The van der Waals surface area contributed by atoms with Crippen molar-refractivity contribution in [1.29, 1.82) is 0 Å². The summed E-state index contributed by atoms with van der Waals surface area (Å²) in [5.41, 5.74) is 0.898. The zero-order valence-electron chi connectivity index (χ0n) is 17.8. The SMILES string of the molecule is CCN(c1ccc2sc(C(=O)Nc3c(F)cccc3F)cc2c1)S(=O)(=O)c1ccc(C)cc1. The van der Waals surface area contributed by atoms with E-state index in [1.807, 2.05) is 6.92 Å². The quantitative estimate of drug-likeness (QED) is 0.366. The highest BCUT2D eigenvalue weighted by Crippen LogP contribution is 2.32. The molecule has 9 heteroatoms. The molecule has 4 rings (SSSR count). The number of aryl methyl sites for hydroxylation is 1. The van der Waals surface area contributed by atoms with Gasteiger partial charge < -0.3 is 5.32 Å². The molecule has 33 heavy (non-hydrogen) atoms. The van der Waals surface area contributed by atoms with Crippen molar-refractivity contribution < 1.29 is 22.0 Å². The molecule has 0 aliphatic rings. The number of thiophene rings is 1. The van der Waals surface area contributed by atoms with E-state index in [1.54, 1.807) is 55.5 Å². The fraction of sp³-hybridized carbons (Fsp3) is 0.125. The predicted octanol–water partition coefficient (Wildman–Crippen LogP) is 5.96. The Bertz CT molecular complexity index is 1430. The second kappa shape index (κ2) is 8.92. The maximum atomic E-state index is 13.9. The van der Waals surface area contributed by atoms with Crippen LogP contribution in [-0.2, 0) is 10.0 Å². The third-order valence-electron chi connectivity index (χ3n) is 5.11. The topological polar surface area (TPSA) is 66.5 Å². The largest absolute Gasteiger partial charge is 0.316 e. The van der Waals surface area contributed by atoms with E-state index in [2.05, 4.69) is 5.32 Å². The number of carbonyl (C=O) groups is 1. The molecular formula is C24H20F2N2O3S2. The third kappa shape index (κ3) is 4.46. The van der Waals surface area contributed by atoms with Crippen molar-refractivity contribution in [3.8, 4) is 0 Å². The summed E-state index contributed by atoms with van der Waals surface area (Å²) in [7, 11) is -3.78. The van der Waals surface area contributed by atoms with Gasteiger partial charge in [-0.3, -0.25) is 9.10 Å². The number of rotatable bonds is 6. The van der Waals surface area contributed by atoms with Crippen LogP contribution in [0.4, 0.5) is 20.2 Å². The maximum Gasteiger partial charge on any atom is 0.265 e.